The van der Waals surface area contributed by atoms with E-state index in [0.717, 1.165) is 37.6 Å². The molecule has 2 atom stereocenters. The second-order valence-electron chi connectivity index (χ2n) is 6.27. The highest BCUT2D eigenvalue weighted by Gasteiger charge is 2.29. The highest BCUT2D eigenvalue weighted by atomic mass is 35.5. The molecule has 0 amide bonds. The quantitative estimate of drug-likeness (QED) is 0.901. The number of halogens is 1. The summed E-state index contributed by atoms with van der Waals surface area (Å²) in [7, 11) is 4.45. The van der Waals surface area contributed by atoms with Gasteiger partial charge < -0.3 is 10.2 Å². The van der Waals surface area contributed by atoms with Crippen molar-refractivity contribution in [1.82, 2.24) is 15.1 Å². The third-order valence-corrected chi connectivity index (χ3v) is 4.83. The van der Waals surface area contributed by atoms with E-state index >= 15 is 0 Å². The normalized spacial score (nSPS) is 22.4. The van der Waals surface area contributed by atoms with Crippen LogP contribution in [0.25, 0.3) is 0 Å². The third-order valence-electron chi connectivity index (χ3n) is 4.48. The van der Waals surface area contributed by atoms with Crippen LogP contribution in [0.1, 0.15) is 18.1 Å². The van der Waals surface area contributed by atoms with Crippen LogP contribution in [-0.4, -0.2) is 62.2 Å². The lowest BCUT2D eigenvalue weighted by Gasteiger charge is -2.42. The van der Waals surface area contributed by atoms with E-state index in [1.165, 1.54) is 11.1 Å². The maximum atomic E-state index is 6.43. The first-order valence-electron chi connectivity index (χ1n) is 7.88. The van der Waals surface area contributed by atoms with Crippen molar-refractivity contribution in [2.24, 2.45) is 0 Å². The molecule has 0 aromatic heterocycles. The summed E-state index contributed by atoms with van der Waals surface area (Å²) < 4.78 is 0. The third kappa shape index (κ3) is 4.43. The van der Waals surface area contributed by atoms with Gasteiger partial charge in [-0.2, -0.15) is 0 Å². The molecule has 118 valence electrons. The topological polar surface area (TPSA) is 18.5 Å². The summed E-state index contributed by atoms with van der Waals surface area (Å²) in [4.78, 5) is 4.90. The molecule has 1 fully saturated rings. The van der Waals surface area contributed by atoms with Crippen LogP contribution in [0.3, 0.4) is 0 Å². The van der Waals surface area contributed by atoms with Crippen LogP contribution in [0, 0.1) is 6.92 Å². The number of rotatable bonds is 5. The van der Waals surface area contributed by atoms with Crippen molar-refractivity contribution in [3.63, 3.8) is 0 Å². The lowest BCUT2D eigenvalue weighted by atomic mass is 9.96. The van der Waals surface area contributed by atoms with Crippen molar-refractivity contribution in [2.45, 2.75) is 32.4 Å². The van der Waals surface area contributed by atoms with Gasteiger partial charge in [0.05, 0.1) is 0 Å². The van der Waals surface area contributed by atoms with Crippen LogP contribution in [0.15, 0.2) is 18.2 Å². The Hall–Kier alpha value is -0.610. The smallest absolute Gasteiger partial charge is 0.0441 e. The van der Waals surface area contributed by atoms with Crippen molar-refractivity contribution in [3.05, 3.63) is 34.3 Å². The van der Waals surface area contributed by atoms with E-state index in [4.69, 9.17) is 11.6 Å². The van der Waals surface area contributed by atoms with Crippen LogP contribution in [0.4, 0.5) is 0 Å². The molecular formula is C17H28ClN3. The van der Waals surface area contributed by atoms with Crippen molar-refractivity contribution in [2.75, 3.05) is 40.3 Å². The Bertz CT molecular complexity index is 463. The molecule has 0 saturated carbocycles. The molecule has 0 bridgehead atoms. The average molecular weight is 310 g/mol. The molecule has 2 unspecified atom stereocenters. The summed E-state index contributed by atoms with van der Waals surface area (Å²) in [5, 5.41) is 4.56. The summed E-state index contributed by atoms with van der Waals surface area (Å²) in [6.45, 7) is 8.64. The summed E-state index contributed by atoms with van der Waals surface area (Å²) in [6.07, 6.45) is 0.982. The minimum atomic E-state index is 0.433. The van der Waals surface area contributed by atoms with Gasteiger partial charge in [-0.15, -0.1) is 0 Å². The van der Waals surface area contributed by atoms with Gasteiger partial charge >= 0.3 is 0 Å². The van der Waals surface area contributed by atoms with E-state index < -0.39 is 0 Å². The number of hydrogen-bond acceptors (Lipinski definition) is 3. The lowest BCUT2D eigenvalue weighted by molar-refractivity contribution is 0.0881. The molecule has 3 nitrogen and oxygen atoms in total. The SMILES string of the molecule is CCNC(Cc1ccc(C)cc1Cl)C1CN(C)CCN1C. The van der Waals surface area contributed by atoms with Crippen LogP contribution >= 0.6 is 11.6 Å². The van der Waals surface area contributed by atoms with E-state index in [-0.39, 0.29) is 0 Å². The molecule has 4 heteroatoms. The summed E-state index contributed by atoms with van der Waals surface area (Å²) in [5.41, 5.74) is 2.47. The van der Waals surface area contributed by atoms with Crippen molar-refractivity contribution in [3.8, 4) is 0 Å². The van der Waals surface area contributed by atoms with Gasteiger partial charge in [-0.1, -0.05) is 30.7 Å². The Kier molecular flexibility index (Phi) is 6.06. The molecule has 1 heterocycles. The van der Waals surface area contributed by atoms with E-state index in [1.54, 1.807) is 0 Å². The number of nitrogens with one attached hydrogen (secondary N) is 1. The van der Waals surface area contributed by atoms with Gasteiger partial charge in [0.2, 0.25) is 0 Å². The number of aryl methyl sites for hydroxylation is 1. The zero-order valence-electron chi connectivity index (χ0n) is 13.7. The first-order chi connectivity index (χ1) is 10.0. The van der Waals surface area contributed by atoms with E-state index in [1.807, 2.05) is 0 Å². The Morgan fingerprint density at radius 1 is 1.33 bits per heavy atom. The maximum absolute atomic E-state index is 6.43. The fourth-order valence-electron chi connectivity index (χ4n) is 3.14. The first-order valence-corrected chi connectivity index (χ1v) is 8.26. The summed E-state index contributed by atoms with van der Waals surface area (Å²) in [5.74, 6) is 0. The van der Waals surface area contributed by atoms with Gasteiger partial charge in [0.25, 0.3) is 0 Å². The molecular weight excluding hydrogens is 282 g/mol. The largest absolute Gasteiger partial charge is 0.312 e. The minimum Gasteiger partial charge on any atom is -0.312 e. The number of benzene rings is 1. The molecule has 1 aliphatic heterocycles. The molecule has 1 aliphatic rings. The average Bonchev–Trinajstić information content (AvgIpc) is 2.44. The van der Waals surface area contributed by atoms with Gasteiger partial charge in [0.15, 0.2) is 0 Å². The zero-order chi connectivity index (χ0) is 15.4. The molecule has 0 radical (unpaired) electrons. The molecule has 1 aromatic rings. The van der Waals surface area contributed by atoms with Gasteiger partial charge in [-0.25, -0.2) is 0 Å². The van der Waals surface area contributed by atoms with Gasteiger partial charge in [-0.3, -0.25) is 4.90 Å². The zero-order valence-corrected chi connectivity index (χ0v) is 14.5. The van der Waals surface area contributed by atoms with Crippen molar-refractivity contribution < 1.29 is 0 Å². The highest BCUT2D eigenvalue weighted by molar-refractivity contribution is 6.31. The highest BCUT2D eigenvalue weighted by Crippen LogP contribution is 2.21. The summed E-state index contributed by atoms with van der Waals surface area (Å²) >= 11 is 6.43. The van der Waals surface area contributed by atoms with Crippen molar-refractivity contribution in [1.29, 1.82) is 0 Å². The lowest BCUT2D eigenvalue weighted by Crippen LogP contribution is -2.59. The Morgan fingerprint density at radius 3 is 2.76 bits per heavy atom. The van der Waals surface area contributed by atoms with E-state index in [0.29, 0.717) is 12.1 Å². The number of piperazine rings is 1. The molecule has 1 N–H and O–H groups in total. The predicted octanol–water partition coefficient (Wildman–Crippen LogP) is 2.41. The number of hydrogen-bond donors (Lipinski definition) is 1. The Labute approximate surface area is 134 Å². The fraction of sp³-hybridized carbons (Fsp3) is 0.647. The van der Waals surface area contributed by atoms with Gasteiger partial charge in [-0.05, 0) is 51.2 Å². The summed E-state index contributed by atoms with van der Waals surface area (Å²) in [6, 6.07) is 7.36. The molecule has 0 spiro atoms. The minimum absolute atomic E-state index is 0.433. The second kappa shape index (κ2) is 7.59. The molecule has 0 aliphatic carbocycles. The van der Waals surface area contributed by atoms with Crippen LogP contribution in [0.2, 0.25) is 5.02 Å². The second-order valence-corrected chi connectivity index (χ2v) is 6.68. The van der Waals surface area contributed by atoms with E-state index in [2.05, 4.69) is 61.3 Å². The van der Waals surface area contributed by atoms with Crippen LogP contribution < -0.4 is 5.32 Å². The fourth-order valence-corrected chi connectivity index (χ4v) is 3.45. The Balaban J connectivity index is 2.14. The number of likely N-dealkylation sites (N-methyl/N-ethyl adjacent to an activating group) is 3. The molecule has 1 aromatic carbocycles. The van der Waals surface area contributed by atoms with Crippen LogP contribution in [-0.2, 0) is 6.42 Å². The molecule has 1 saturated heterocycles. The molecule has 2 rings (SSSR count). The standard InChI is InChI=1S/C17H28ClN3/c1-5-19-16(17-12-20(3)8-9-21(17)4)11-14-7-6-13(2)10-15(14)18/h6-7,10,16-17,19H,5,8-9,11-12H2,1-4H3. The maximum Gasteiger partial charge on any atom is 0.0441 e. The van der Waals surface area contributed by atoms with Crippen molar-refractivity contribution >= 4 is 11.6 Å². The Morgan fingerprint density at radius 2 is 2.10 bits per heavy atom. The number of nitrogens with zero attached hydrogens (tertiary/aromatic N) is 2. The van der Waals surface area contributed by atoms with E-state index in [9.17, 15) is 0 Å². The van der Waals surface area contributed by atoms with Gasteiger partial charge in [0.1, 0.15) is 0 Å². The molecule has 21 heavy (non-hydrogen) atoms. The predicted molar refractivity (Wildman–Crippen MR) is 91.3 cm³/mol. The first kappa shape index (κ1) is 16.8. The monoisotopic (exact) mass is 309 g/mol. The van der Waals surface area contributed by atoms with Crippen LogP contribution in [0.5, 0.6) is 0 Å². The van der Waals surface area contributed by atoms with Gasteiger partial charge in [0, 0.05) is 36.7 Å².